The summed E-state index contributed by atoms with van der Waals surface area (Å²) in [6.07, 6.45) is 0. The van der Waals surface area contributed by atoms with Crippen molar-refractivity contribution in [3.63, 3.8) is 0 Å². The summed E-state index contributed by atoms with van der Waals surface area (Å²) in [5.41, 5.74) is 1.68. The van der Waals surface area contributed by atoms with Gasteiger partial charge in [-0.1, -0.05) is 29.8 Å². The third kappa shape index (κ3) is 3.66. The van der Waals surface area contributed by atoms with Crippen LogP contribution in [-0.2, 0) is 0 Å². The van der Waals surface area contributed by atoms with Gasteiger partial charge in [0.2, 0.25) is 0 Å². The van der Waals surface area contributed by atoms with Crippen molar-refractivity contribution in [3.05, 3.63) is 69.3 Å². The number of nitrogens with one attached hydrogen (secondary N) is 1. The van der Waals surface area contributed by atoms with Gasteiger partial charge in [-0.15, -0.1) is 0 Å². The highest BCUT2D eigenvalue weighted by molar-refractivity contribution is 5.98. The largest absolute Gasteiger partial charge is 0.496 e. The van der Waals surface area contributed by atoms with Crippen LogP contribution in [0.5, 0.6) is 5.75 Å². The van der Waals surface area contributed by atoms with Crippen molar-refractivity contribution in [2.45, 2.75) is 19.9 Å². The highest BCUT2D eigenvalue weighted by atomic mass is 16.6. The Morgan fingerprint density at radius 3 is 2.61 bits per heavy atom. The lowest BCUT2D eigenvalue weighted by molar-refractivity contribution is -0.385. The van der Waals surface area contributed by atoms with Gasteiger partial charge < -0.3 is 10.1 Å². The standard InChI is InChI=1S/C17H18N2O4/c1-11-8-9-16(23-3)14(10-11)12(2)18-17(20)13-6-4-5-7-15(13)19(21)22/h4-10,12H,1-3H3,(H,18,20). The number of nitrogens with zero attached hydrogens (tertiary/aromatic N) is 1. The number of aryl methyl sites for hydroxylation is 1. The summed E-state index contributed by atoms with van der Waals surface area (Å²) in [5, 5.41) is 13.8. The number of nitro groups is 1. The molecule has 6 nitrogen and oxygen atoms in total. The first-order valence-electron chi connectivity index (χ1n) is 7.13. The van der Waals surface area contributed by atoms with Gasteiger partial charge in [0.15, 0.2) is 0 Å². The van der Waals surface area contributed by atoms with E-state index in [1.54, 1.807) is 13.2 Å². The molecule has 0 aliphatic heterocycles. The van der Waals surface area contributed by atoms with Crippen LogP contribution in [0.2, 0.25) is 0 Å². The summed E-state index contributed by atoms with van der Waals surface area (Å²) < 4.78 is 5.31. The molecular weight excluding hydrogens is 296 g/mol. The number of nitro benzene ring substituents is 1. The van der Waals surface area contributed by atoms with Crippen LogP contribution in [0.1, 0.15) is 34.5 Å². The maximum atomic E-state index is 12.4. The zero-order chi connectivity index (χ0) is 17.0. The molecule has 0 saturated carbocycles. The van der Waals surface area contributed by atoms with E-state index in [9.17, 15) is 14.9 Å². The van der Waals surface area contributed by atoms with Crippen molar-refractivity contribution in [3.8, 4) is 5.75 Å². The summed E-state index contributed by atoms with van der Waals surface area (Å²) in [6, 6.07) is 11.2. The van der Waals surface area contributed by atoms with Gasteiger partial charge in [-0.2, -0.15) is 0 Å². The van der Waals surface area contributed by atoms with Gasteiger partial charge in [-0.3, -0.25) is 14.9 Å². The lowest BCUT2D eigenvalue weighted by Crippen LogP contribution is -2.27. The van der Waals surface area contributed by atoms with Gasteiger partial charge in [-0.25, -0.2) is 0 Å². The minimum atomic E-state index is -0.563. The summed E-state index contributed by atoms with van der Waals surface area (Å²) in [6.45, 7) is 3.75. The van der Waals surface area contributed by atoms with Crippen molar-refractivity contribution in [1.29, 1.82) is 0 Å². The average Bonchev–Trinajstić information content (AvgIpc) is 2.54. The minimum Gasteiger partial charge on any atom is -0.496 e. The smallest absolute Gasteiger partial charge is 0.282 e. The average molecular weight is 314 g/mol. The molecule has 1 unspecified atom stereocenters. The van der Waals surface area contributed by atoms with Gasteiger partial charge in [0.05, 0.1) is 18.1 Å². The van der Waals surface area contributed by atoms with Gasteiger partial charge in [0, 0.05) is 11.6 Å². The van der Waals surface area contributed by atoms with Gasteiger partial charge >= 0.3 is 0 Å². The Balaban J connectivity index is 2.27. The Labute approximate surface area is 134 Å². The minimum absolute atomic E-state index is 0.0379. The first kappa shape index (κ1) is 16.5. The van der Waals surface area contributed by atoms with Gasteiger partial charge in [-0.05, 0) is 26.0 Å². The van der Waals surface area contributed by atoms with E-state index in [0.29, 0.717) is 5.75 Å². The van der Waals surface area contributed by atoms with Crippen LogP contribution in [0.25, 0.3) is 0 Å². The molecule has 120 valence electrons. The molecule has 0 heterocycles. The number of para-hydroxylation sites is 1. The first-order valence-corrected chi connectivity index (χ1v) is 7.13. The van der Waals surface area contributed by atoms with Crippen molar-refractivity contribution in [2.75, 3.05) is 7.11 Å². The Morgan fingerprint density at radius 1 is 1.26 bits per heavy atom. The summed E-state index contributed by atoms with van der Waals surface area (Å²) >= 11 is 0. The molecular formula is C17H18N2O4. The van der Waals surface area contributed by atoms with E-state index in [4.69, 9.17) is 4.74 Å². The second-order valence-electron chi connectivity index (χ2n) is 5.21. The third-order valence-electron chi connectivity index (χ3n) is 3.54. The molecule has 0 spiro atoms. The fourth-order valence-electron chi connectivity index (χ4n) is 2.37. The maximum Gasteiger partial charge on any atom is 0.282 e. The number of hydrogen-bond acceptors (Lipinski definition) is 4. The predicted molar refractivity (Wildman–Crippen MR) is 86.7 cm³/mol. The molecule has 0 aliphatic carbocycles. The molecule has 23 heavy (non-hydrogen) atoms. The van der Waals surface area contributed by atoms with E-state index in [1.807, 2.05) is 32.0 Å². The highest BCUT2D eigenvalue weighted by Crippen LogP contribution is 2.27. The van der Waals surface area contributed by atoms with Crippen molar-refractivity contribution < 1.29 is 14.5 Å². The lowest BCUT2D eigenvalue weighted by Gasteiger charge is -2.18. The van der Waals surface area contributed by atoms with Crippen molar-refractivity contribution in [2.24, 2.45) is 0 Å². The lowest BCUT2D eigenvalue weighted by atomic mass is 10.0. The number of benzene rings is 2. The van der Waals surface area contributed by atoms with E-state index in [1.165, 1.54) is 18.2 Å². The monoisotopic (exact) mass is 314 g/mol. The summed E-state index contributed by atoms with van der Waals surface area (Å²) in [5.74, 6) is 0.166. The second kappa shape index (κ2) is 6.91. The fraction of sp³-hybridized carbons (Fsp3) is 0.235. The van der Waals surface area contributed by atoms with E-state index in [-0.39, 0.29) is 17.3 Å². The molecule has 0 aromatic heterocycles. The Hall–Kier alpha value is -2.89. The van der Waals surface area contributed by atoms with E-state index in [0.717, 1.165) is 11.1 Å². The Morgan fingerprint density at radius 2 is 1.96 bits per heavy atom. The van der Waals surface area contributed by atoms with E-state index < -0.39 is 10.8 Å². The number of carbonyl (C=O) groups excluding carboxylic acids is 1. The van der Waals surface area contributed by atoms with Crippen LogP contribution >= 0.6 is 0 Å². The van der Waals surface area contributed by atoms with Crippen LogP contribution in [0, 0.1) is 17.0 Å². The van der Waals surface area contributed by atoms with Crippen molar-refractivity contribution in [1.82, 2.24) is 5.32 Å². The number of methoxy groups -OCH3 is 1. The maximum absolute atomic E-state index is 12.4. The zero-order valence-electron chi connectivity index (χ0n) is 13.2. The molecule has 1 N–H and O–H groups in total. The Bertz CT molecular complexity index is 743. The second-order valence-corrected chi connectivity index (χ2v) is 5.21. The first-order chi connectivity index (χ1) is 10.9. The SMILES string of the molecule is COc1ccc(C)cc1C(C)NC(=O)c1ccccc1[N+](=O)[O-]. The van der Waals surface area contributed by atoms with Crippen LogP contribution in [0.3, 0.4) is 0 Å². The summed E-state index contributed by atoms with van der Waals surface area (Å²) in [7, 11) is 1.56. The molecule has 1 amide bonds. The number of amides is 1. The predicted octanol–water partition coefficient (Wildman–Crippen LogP) is 3.40. The third-order valence-corrected chi connectivity index (χ3v) is 3.54. The molecule has 2 aromatic carbocycles. The normalized spacial score (nSPS) is 11.6. The van der Waals surface area contributed by atoms with Crippen LogP contribution in [0.4, 0.5) is 5.69 Å². The zero-order valence-corrected chi connectivity index (χ0v) is 13.2. The van der Waals surface area contributed by atoms with Gasteiger partial charge in [0.25, 0.3) is 11.6 Å². The molecule has 0 fully saturated rings. The van der Waals surface area contributed by atoms with E-state index in [2.05, 4.69) is 5.32 Å². The number of ether oxygens (including phenoxy) is 1. The quantitative estimate of drug-likeness (QED) is 0.677. The molecule has 1 atom stereocenters. The van der Waals surface area contributed by atoms with Gasteiger partial charge in [0.1, 0.15) is 11.3 Å². The molecule has 2 aromatic rings. The number of carbonyl (C=O) groups is 1. The molecule has 0 radical (unpaired) electrons. The topological polar surface area (TPSA) is 81.5 Å². The molecule has 0 aliphatic rings. The number of hydrogen-bond donors (Lipinski definition) is 1. The molecule has 0 saturated heterocycles. The van der Waals surface area contributed by atoms with Crippen LogP contribution < -0.4 is 10.1 Å². The fourth-order valence-corrected chi connectivity index (χ4v) is 2.37. The molecule has 0 bridgehead atoms. The van der Waals surface area contributed by atoms with Crippen molar-refractivity contribution >= 4 is 11.6 Å². The van der Waals surface area contributed by atoms with E-state index >= 15 is 0 Å². The van der Waals surface area contributed by atoms with Crippen LogP contribution in [0.15, 0.2) is 42.5 Å². The number of rotatable bonds is 5. The summed E-state index contributed by atoms with van der Waals surface area (Å²) in [4.78, 5) is 22.9. The van der Waals surface area contributed by atoms with Crippen LogP contribution in [-0.4, -0.2) is 17.9 Å². The molecule has 6 heteroatoms. The Kier molecular flexibility index (Phi) is 4.95. The highest BCUT2D eigenvalue weighted by Gasteiger charge is 2.22. The molecule has 2 rings (SSSR count).